The number of hydrogen-bond acceptors (Lipinski definition) is 5. The average molecular weight is 191 g/mol. The van der Waals surface area contributed by atoms with E-state index in [1.165, 1.54) is 0 Å². The topological polar surface area (TPSA) is 115 Å². The summed E-state index contributed by atoms with van der Waals surface area (Å²) in [6.45, 7) is 0. The first-order chi connectivity index (χ1) is 2.00. The number of rotatable bonds is 0. The average Bonchev–Trinajstić information content (AvgIpc) is 0.722. The molecule has 0 saturated heterocycles. The SMILES string of the molecule is N.O=S(=O)([O-])[O-].[K+].[K+]. The summed E-state index contributed by atoms with van der Waals surface area (Å²) in [5.74, 6) is 0. The van der Waals surface area contributed by atoms with Crippen molar-refractivity contribution in [3.8, 4) is 0 Å². The summed E-state index contributed by atoms with van der Waals surface area (Å²) in [6, 6.07) is 0. The first-order valence-electron chi connectivity index (χ1n) is 0.667. The Hall–Kier alpha value is 3.10. The Kier molecular flexibility index (Phi) is 28.4. The van der Waals surface area contributed by atoms with Gasteiger partial charge in [0.05, 0.1) is 0 Å². The van der Waals surface area contributed by atoms with Crippen molar-refractivity contribution in [1.82, 2.24) is 6.15 Å². The van der Waals surface area contributed by atoms with Crippen LogP contribution in [0.4, 0.5) is 0 Å². The van der Waals surface area contributed by atoms with Crippen LogP contribution in [0.3, 0.4) is 0 Å². The third-order valence-corrected chi connectivity index (χ3v) is 0. The third kappa shape index (κ3) is 62.1. The Morgan fingerprint density at radius 1 is 1.00 bits per heavy atom. The van der Waals surface area contributed by atoms with Crippen LogP contribution in [0.25, 0.3) is 0 Å². The van der Waals surface area contributed by atoms with Crippen molar-refractivity contribution in [3.05, 3.63) is 0 Å². The van der Waals surface area contributed by atoms with Crippen molar-refractivity contribution in [1.29, 1.82) is 0 Å². The molecule has 0 atom stereocenters. The molecule has 0 aliphatic rings. The fraction of sp³-hybridized carbons (Fsp3) is 0. The predicted molar refractivity (Wildman–Crippen MR) is 15.5 cm³/mol. The molecule has 8 heavy (non-hydrogen) atoms. The standard InChI is InChI=1S/2K.H3N.H2O4S/c;;;1-5(2,3)4/h;;1H3;(H2,1,2,3,4)/q2*+1;;/p-2. The molecule has 0 aliphatic carbocycles. The zero-order valence-electron chi connectivity index (χ0n) is 4.75. The Labute approximate surface area is 133 Å². The first-order valence-corrected chi connectivity index (χ1v) is 2.00. The molecule has 0 spiro atoms. The summed E-state index contributed by atoms with van der Waals surface area (Å²) in [5.41, 5.74) is 0. The molecule has 0 bridgehead atoms. The normalized spacial score (nSPS) is 7.25. The molecular weight excluding hydrogens is 188 g/mol. The van der Waals surface area contributed by atoms with Gasteiger partial charge in [-0.15, -0.1) is 0 Å². The zero-order chi connectivity index (χ0) is 4.50. The van der Waals surface area contributed by atoms with E-state index in [1.807, 2.05) is 0 Å². The van der Waals surface area contributed by atoms with E-state index in [2.05, 4.69) is 0 Å². The van der Waals surface area contributed by atoms with Gasteiger partial charge < -0.3 is 15.3 Å². The Morgan fingerprint density at radius 3 is 1.00 bits per heavy atom. The monoisotopic (exact) mass is 191 g/mol. The molecule has 0 amide bonds. The van der Waals surface area contributed by atoms with Crippen LogP contribution in [0.15, 0.2) is 0 Å². The van der Waals surface area contributed by atoms with E-state index in [1.54, 1.807) is 0 Å². The van der Waals surface area contributed by atoms with Crippen LogP contribution in [-0.4, -0.2) is 17.5 Å². The molecule has 0 aromatic rings. The van der Waals surface area contributed by atoms with Gasteiger partial charge in [0, 0.05) is 10.4 Å². The van der Waals surface area contributed by atoms with Gasteiger partial charge in [0.1, 0.15) is 0 Å². The van der Waals surface area contributed by atoms with E-state index in [-0.39, 0.29) is 109 Å². The van der Waals surface area contributed by atoms with E-state index in [9.17, 15) is 0 Å². The van der Waals surface area contributed by atoms with Gasteiger partial charge in [-0.2, -0.15) is 0 Å². The quantitative estimate of drug-likeness (QED) is 0.232. The third-order valence-electron chi connectivity index (χ3n) is 0. The van der Waals surface area contributed by atoms with Crippen molar-refractivity contribution in [3.63, 3.8) is 0 Å². The van der Waals surface area contributed by atoms with Crippen molar-refractivity contribution < 1.29 is 120 Å². The number of hydrogen-bond donors (Lipinski definition) is 1. The van der Waals surface area contributed by atoms with Crippen LogP contribution >= 0.6 is 0 Å². The molecule has 5 nitrogen and oxygen atoms in total. The fourth-order valence-electron chi connectivity index (χ4n) is 0. The molecule has 0 rings (SSSR count). The van der Waals surface area contributed by atoms with Crippen LogP contribution in [0, 0.1) is 0 Å². The van der Waals surface area contributed by atoms with Crippen LogP contribution < -0.4 is 109 Å². The van der Waals surface area contributed by atoms with Crippen molar-refractivity contribution in [2.75, 3.05) is 0 Å². The van der Waals surface area contributed by atoms with Gasteiger partial charge >= 0.3 is 103 Å². The van der Waals surface area contributed by atoms with Crippen LogP contribution in [-0.2, 0) is 10.4 Å². The Morgan fingerprint density at radius 2 is 1.00 bits per heavy atom. The summed E-state index contributed by atoms with van der Waals surface area (Å²) in [6.07, 6.45) is 0. The molecule has 8 heteroatoms. The van der Waals surface area contributed by atoms with Crippen molar-refractivity contribution >= 4 is 10.4 Å². The van der Waals surface area contributed by atoms with Crippen molar-refractivity contribution in [2.24, 2.45) is 0 Å². The molecular formula is H3K2NO4S. The first kappa shape index (κ1) is 22.5. The minimum absolute atomic E-state index is 0. The maximum absolute atomic E-state index is 8.52. The molecule has 0 unspecified atom stereocenters. The molecule has 40 valence electrons. The maximum Gasteiger partial charge on any atom is 1.00 e. The molecule has 3 N–H and O–H groups in total. The second-order valence-corrected chi connectivity index (χ2v) is 1.22. The summed E-state index contributed by atoms with van der Waals surface area (Å²) in [4.78, 5) is 0. The van der Waals surface area contributed by atoms with Crippen molar-refractivity contribution in [2.45, 2.75) is 0 Å². The van der Waals surface area contributed by atoms with E-state index < -0.39 is 10.4 Å². The summed E-state index contributed by atoms with van der Waals surface area (Å²) in [7, 11) is -5.17. The van der Waals surface area contributed by atoms with E-state index in [0.29, 0.717) is 0 Å². The molecule has 0 radical (unpaired) electrons. The molecule has 0 heterocycles. The van der Waals surface area contributed by atoms with Crippen LogP contribution in [0.5, 0.6) is 0 Å². The van der Waals surface area contributed by atoms with Gasteiger partial charge in [0.25, 0.3) is 0 Å². The summed E-state index contributed by atoms with van der Waals surface area (Å²) >= 11 is 0. The minimum atomic E-state index is -5.17. The largest absolute Gasteiger partial charge is 1.00 e. The van der Waals surface area contributed by atoms with E-state index in [4.69, 9.17) is 17.5 Å². The molecule has 0 aromatic carbocycles. The second-order valence-electron chi connectivity index (χ2n) is 0.408. The van der Waals surface area contributed by atoms with Gasteiger partial charge in [-0.1, -0.05) is 0 Å². The zero-order valence-corrected chi connectivity index (χ0v) is 11.8. The molecule has 0 fully saturated rings. The summed E-state index contributed by atoms with van der Waals surface area (Å²) < 4.78 is 34.1. The Bertz CT molecular complexity index is 97.2. The van der Waals surface area contributed by atoms with Gasteiger partial charge in [-0.25, -0.2) is 0 Å². The molecule has 0 aliphatic heterocycles. The second kappa shape index (κ2) is 10.1. The Balaban J connectivity index is -0.0000000267. The van der Waals surface area contributed by atoms with Gasteiger partial charge in [-0.3, -0.25) is 8.42 Å². The van der Waals surface area contributed by atoms with Gasteiger partial charge in [0.15, 0.2) is 0 Å². The van der Waals surface area contributed by atoms with Gasteiger partial charge in [0.2, 0.25) is 0 Å². The predicted octanol–water partition coefficient (Wildman–Crippen LogP) is -7.17. The van der Waals surface area contributed by atoms with E-state index in [0.717, 1.165) is 0 Å². The maximum atomic E-state index is 8.52. The van der Waals surface area contributed by atoms with Crippen LogP contribution in [0.2, 0.25) is 0 Å². The summed E-state index contributed by atoms with van der Waals surface area (Å²) in [5, 5.41) is 0. The smallest absolute Gasteiger partial charge is 0.759 e. The van der Waals surface area contributed by atoms with Gasteiger partial charge in [-0.05, 0) is 0 Å². The van der Waals surface area contributed by atoms with Crippen LogP contribution in [0.1, 0.15) is 0 Å². The minimum Gasteiger partial charge on any atom is -0.759 e. The fourth-order valence-corrected chi connectivity index (χ4v) is 0. The van der Waals surface area contributed by atoms with E-state index >= 15 is 0 Å². The molecule has 0 aromatic heterocycles. The molecule has 0 saturated carbocycles.